The van der Waals surface area contributed by atoms with E-state index in [0.29, 0.717) is 18.4 Å². The molecule has 0 fully saturated rings. The lowest BCUT2D eigenvalue weighted by molar-refractivity contribution is -0.123. The molecule has 2 atom stereocenters. The Labute approximate surface area is 139 Å². The van der Waals surface area contributed by atoms with E-state index < -0.39 is 6.55 Å². The van der Waals surface area contributed by atoms with Crippen LogP contribution in [-0.4, -0.2) is 18.2 Å². The molecule has 0 saturated heterocycles. The van der Waals surface area contributed by atoms with Crippen LogP contribution in [0.1, 0.15) is 43.4 Å². The Bertz CT molecular complexity index is 658. The standard InChI is InChI=1S/C17H22F2N4O/c1-10-4-2-7-13(21)11-5-3-6-12(8-11)15(23-17(18)19)14(9-20)22-16(10)24/h3,5-6,8-10,13,17H,2,4,7,20-21H2,1H3,(H,22,24). The van der Waals surface area contributed by atoms with Gasteiger partial charge in [0.05, 0.1) is 11.4 Å². The number of nitrogens with one attached hydrogen (secondary N) is 1. The van der Waals surface area contributed by atoms with E-state index in [2.05, 4.69) is 10.3 Å². The largest absolute Gasteiger partial charge is 0.403 e. The minimum Gasteiger partial charge on any atom is -0.403 e. The van der Waals surface area contributed by atoms with Gasteiger partial charge in [0.2, 0.25) is 5.91 Å². The highest BCUT2D eigenvalue weighted by atomic mass is 19.3. The van der Waals surface area contributed by atoms with Crippen LogP contribution in [0.2, 0.25) is 0 Å². The Balaban J connectivity index is 2.54. The van der Waals surface area contributed by atoms with Gasteiger partial charge >= 0.3 is 6.55 Å². The molecule has 1 heterocycles. The van der Waals surface area contributed by atoms with Crippen molar-refractivity contribution in [2.75, 3.05) is 0 Å². The SMILES string of the molecule is CC1CCCC(N)c2cccc(c2)C(=NC(F)F)C(=CN)NC1=O. The van der Waals surface area contributed by atoms with Gasteiger partial charge < -0.3 is 16.8 Å². The van der Waals surface area contributed by atoms with Crippen LogP contribution in [0.15, 0.2) is 41.2 Å². The highest BCUT2D eigenvalue weighted by molar-refractivity contribution is 6.14. The van der Waals surface area contributed by atoms with Crippen molar-refractivity contribution in [2.45, 2.75) is 38.8 Å². The molecule has 130 valence electrons. The molecule has 24 heavy (non-hydrogen) atoms. The van der Waals surface area contributed by atoms with Crippen molar-refractivity contribution in [1.82, 2.24) is 5.32 Å². The van der Waals surface area contributed by atoms with E-state index in [1.54, 1.807) is 25.1 Å². The summed E-state index contributed by atoms with van der Waals surface area (Å²) in [7, 11) is 0. The number of halogens is 2. The van der Waals surface area contributed by atoms with Gasteiger partial charge in [-0.3, -0.25) is 4.79 Å². The molecule has 5 N–H and O–H groups in total. The molecule has 1 aromatic carbocycles. The Morgan fingerprint density at radius 2 is 2.12 bits per heavy atom. The number of carbonyl (C=O) groups excluding carboxylic acids is 1. The average molecular weight is 336 g/mol. The summed E-state index contributed by atoms with van der Waals surface area (Å²) in [6.45, 7) is -1.14. The molecule has 7 heteroatoms. The lowest BCUT2D eigenvalue weighted by atomic mass is 9.94. The summed E-state index contributed by atoms with van der Waals surface area (Å²) in [5.41, 5.74) is 13.0. The van der Waals surface area contributed by atoms with E-state index in [9.17, 15) is 13.6 Å². The molecule has 0 spiro atoms. The first kappa shape index (κ1) is 18.1. The first-order valence-corrected chi connectivity index (χ1v) is 7.87. The van der Waals surface area contributed by atoms with Crippen molar-refractivity contribution < 1.29 is 13.6 Å². The molecule has 1 aliphatic rings. The van der Waals surface area contributed by atoms with Gasteiger partial charge in [0.1, 0.15) is 0 Å². The minimum absolute atomic E-state index is 0.0531. The third kappa shape index (κ3) is 4.38. The van der Waals surface area contributed by atoms with Crippen LogP contribution < -0.4 is 16.8 Å². The fourth-order valence-electron chi connectivity index (χ4n) is 2.69. The lowest BCUT2D eigenvalue weighted by Crippen LogP contribution is -2.33. The summed E-state index contributed by atoms with van der Waals surface area (Å²) >= 11 is 0. The molecule has 2 bridgehead atoms. The predicted molar refractivity (Wildman–Crippen MR) is 89.3 cm³/mol. The van der Waals surface area contributed by atoms with Crippen molar-refractivity contribution in [3.8, 4) is 0 Å². The van der Waals surface area contributed by atoms with Crippen LogP contribution in [0.25, 0.3) is 0 Å². The minimum atomic E-state index is -2.92. The molecular formula is C17H22F2N4O. The van der Waals surface area contributed by atoms with Gasteiger partial charge in [-0.05, 0) is 24.5 Å². The van der Waals surface area contributed by atoms with E-state index in [1.807, 2.05) is 6.07 Å². The molecule has 1 amide bonds. The number of amides is 1. The molecule has 0 aromatic heterocycles. The number of aliphatic imine (C=N–C) groups is 1. The van der Waals surface area contributed by atoms with Gasteiger partial charge in [0.15, 0.2) is 0 Å². The van der Waals surface area contributed by atoms with E-state index >= 15 is 0 Å². The van der Waals surface area contributed by atoms with Gasteiger partial charge in [-0.2, -0.15) is 8.78 Å². The number of nitrogens with two attached hydrogens (primary N) is 2. The third-order valence-corrected chi connectivity index (χ3v) is 4.09. The number of fused-ring (bicyclic) bond motifs is 2. The molecular weight excluding hydrogens is 314 g/mol. The Morgan fingerprint density at radius 3 is 2.79 bits per heavy atom. The molecule has 2 rings (SSSR count). The molecule has 2 unspecified atom stereocenters. The molecule has 1 aliphatic heterocycles. The van der Waals surface area contributed by atoms with Crippen molar-refractivity contribution in [1.29, 1.82) is 0 Å². The highest BCUT2D eigenvalue weighted by Crippen LogP contribution is 2.22. The van der Waals surface area contributed by atoms with Gasteiger partial charge in [0.25, 0.3) is 0 Å². The van der Waals surface area contributed by atoms with E-state index in [1.165, 1.54) is 0 Å². The van der Waals surface area contributed by atoms with Crippen LogP contribution in [-0.2, 0) is 4.79 Å². The maximum atomic E-state index is 12.9. The van der Waals surface area contributed by atoms with Crippen molar-refractivity contribution in [3.05, 3.63) is 47.3 Å². The van der Waals surface area contributed by atoms with Gasteiger partial charge in [-0.25, -0.2) is 4.99 Å². The van der Waals surface area contributed by atoms with Crippen molar-refractivity contribution in [3.63, 3.8) is 0 Å². The Morgan fingerprint density at radius 1 is 1.38 bits per heavy atom. The quantitative estimate of drug-likeness (QED) is 0.688. The molecule has 5 nitrogen and oxygen atoms in total. The summed E-state index contributed by atoms with van der Waals surface area (Å²) < 4.78 is 25.8. The number of allylic oxidation sites excluding steroid dienone is 1. The Kier molecular flexibility index (Phi) is 6.03. The number of alkyl halides is 2. The summed E-state index contributed by atoms with van der Waals surface area (Å²) in [5.74, 6) is -0.559. The fraction of sp³-hybridized carbons (Fsp3) is 0.412. The molecule has 0 aliphatic carbocycles. The normalized spacial score (nSPS) is 26.1. The Hall–Kier alpha value is -2.28. The predicted octanol–water partition coefficient (Wildman–Crippen LogP) is 2.43. The number of hydrogen-bond donors (Lipinski definition) is 3. The lowest BCUT2D eigenvalue weighted by Gasteiger charge is -2.20. The van der Waals surface area contributed by atoms with E-state index in [4.69, 9.17) is 11.5 Å². The zero-order valence-electron chi connectivity index (χ0n) is 13.5. The summed E-state index contributed by atoms with van der Waals surface area (Å²) in [4.78, 5) is 15.6. The monoisotopic (exact) mass is 336 g/mol. The van der Waals surface area contributed by atoms with Crippen LogP contribution in [0.4, 0.5) is 8.78 Å². The van der Waals surface area contributed by atoms with E-state index in [-0.39, 0.29) is 29.3 Å². The maximum absolute atomic E-state index is 12.9. The van der Waals surface area contributed by atoms with Crippen LogP contribution in [0.5, 0.6) is 0 Å². The zero-order valence-corrected chi connectivity index (χ0v) is 13.5. The second kappa shape index (κ2) is 8.01. The number of hydrogen-bond acceptors (Lipinski definition) is 4. The fourth-order valence-corrected chi connectivity index (χ4v) is 2.69. The van der Waals surface area contributed by atoms with Gasteiger partial charge in [-0.1, -0.05) is 31.5 Å². The first-order chi connectivity index (χ1) is 11.4. The maximum Gasteiger partial charge on any atom is 0.332 e. The zero-order chi connectivity index (χ0) is 17.7. The van der Waals surface area contributed by atoms with Gasteiger partial charge in [-0.15, -0.1) is 0 Å². The van der Waals surface area contributed by atoms with E-state index in [0.717, 1.165) is 18.2 Å². The van der Waals surface area contributed by atoms with Crippen LogP contribution in [0.3, 0.4) is 0 Å². The number of rotatable bonds is 1. The summed E-state index contributed by atoms with van der Waals surface area (Å²) in [6.07, 6.45) is 3.24. The van der Waals surface area contributed by atoms with Crippen molar-refractivity contribution in [2.24, 2.45) is 22.4 Å². The summed E-state index contributed by atoms with van der Waals surface area (Å²) in [6, 6.07) is 6.72. The van der Waals surface area contributed by atoms with Crippen LogP contribution in [0, 0.1) is 5.92 Å². The van der Waals surface area contributed by atoms with Gasteiger partial charge in [0, 0.05) is 23.7 Å². The molecule has 1 aromatic rings. The smallest absolute Gasteiger partial charge is 0.332 e. The topological polar surface area (TPSA) is 93.5 Å². The summed E-state index contributed by atoms with van der Waals surface area (Å²) in [5, 5.41) is 2.61. The van der Waals surface area contributed by atoms with Crippen molar-refractivity contribution >= 4 is 11.6 Å². The second-order valence-electron chi connectivity index (χ2n) is 5.89. The molecule has 0 radical (unpaired) electrons. The average Bonchev–Trinajstić information content (AvgIpc) is 2.56. The first-order valence-electron chi connectivity index (χ1n) is 7.87. The highest BCUT2D eigenvalue weighted by Gasteiger charge is 2.21. The molecule has 0 saturated carbocycles. The van der Waals surface area contributed by atoms with Crippen LogP contribution >= 0.6 is 0 Å². The number of benzene rings is 1. The third-order valence-electron chi connectivity index (χ3n) is 4.09. The second-order valence-corrected chi connectivity index (χ2v) is 5.89. The number of nitrogens with zero attached hydrogens (tertiary/aromatic N) is 1. The number of carbonyl (C=O) groups is 1.